The van der Waals surface area contributed by atoms with Crippen LogP contribution in [0.4, 0.5) is 15.2 Å². The van der Waals surface area contributed by atoms with Crippen LogP contribution in [0.25, 0.3) is 10.4 Å². The molecular formula is C24H24FN7O3S. The first-order chi connectivity index (χ1) is 17.0. The largest absolute Gasteiger partial charge is 0.386 e. The average molecular weight is 510 g/mol. The van der Waals surface area contributed by atoms with Crippen molar-refractivity contribution in [3.63, 3.8) is 0 Å². The van der Waals surface area contributed by atoms with Gasteiger partial charge in [0.25, 0.3) is 11.8 Å². The van der Waals surface area contributed by atoms with Crippen molar-refractivity contribution in [3.05, 3.63) is 77.0 Å². The number of hydrogen-bond acceptors (Lipinski definition) is 8. The number of pyridine rings is 1. The van der Waals surface area contributed by atoms with Crippen LogP contribution in [-0.2, 0) is 12.1 Å². The van der Waals surface area contributed by atoms with E-state index in [1.165, 1.54) is 30.1 Å². The number of halogens is 1. The highest BCUT2D eigenvalue weighted by Crippen LogP contribution is 2.38. The van der Waals surface area contributed by atoms with Crippen LogP contribution in [0, 0.1) is 5.82 Å². The Labute approximate surface area is 210 Å². The summed E-state index contributed by atoms with van der Waals surface area (Å²) in [5, 5.41) is 23.9. The normalized spacial score (nSPS) is 11.4. The number of amides is 2. The van der Waals surface area contributed by atoms with Gasteiger partial charge >= 0.3 is 0 Å². The molecule has 4 aromatic rings. The topological polar surface area (TPSA) is 148 Å². The number of carbonyl (C=O) groups is 2. The lowest BCUT2D eigenvalue weighted by Gasteiger charge is -2.18. The first-order valence-electron chi connectivity index (χ1n) is 10.9. The molecular weight excluding hydrogens is 485 g/mol. The van der Waals surface area contributed by atoms with E-state index in [2.05, 4.69) is 25.9 Å². The third kappa shape index (κ3) is 5.39. The summed E-state index contributed by atoms with van der Waals surface area (Å²) >= 11 is 1.16. The van der Waals surface area contributed by atoms with Gasteiger partial charge in [0.05, 0.1) is 29.6 Å². The Balaban J connectivity index is 1.59. The molecule has 0 aliphatic rings. The van der Waals surface area contributed by atoms with Gasteiger partial charge in [-0.2, -0.15) is 0 Å². The summed E-state index contributed by atoms with van der Waals surface area (Å²) in [5.41, 5.74) is 6.11. The first kappa shape index (κ1) is 24.9. The number of nitrogens with two attached hydrogens (primary N) is 1. The minimum atomic E-state index is -1.19. The van der Waals surface area contributed by atoms with E-state index in [0.717, 1.165) is 11.3 Å². The maximum Gasteiger partial charge on any atom is 0.273 e. The second-order valence-electron chi connectivity index (χ2n) is 8.49. The first-order valence-corrected chi connectivity index (χ1v) is 11.7. The lowest BCUT2D eigenvalue weighted by Crippen LogP contribution is -2.18. The van der Waals surface area contributed by atoms with Gasteiger partial charge in [-0.15, -0.1) is 16.4 Å². The van der Waals surface area contributed by atoms with Gasteiger partial charge in [-0.25, -0.2) is 14.1 Å². The lowest BCUT2D eigenvalue weighted by atomic mass is 9.96. The van der Waals surface area contributed by atoms with Crippen molar-refractivity contribution in [2.75, 3.05) is 12.4 Å². The van der Waals surface area contributed by atoms with Gasteiger partial charge < -0.3 is 21.5 Å². The molecule has 2 amide bonds. The summed E-state index contributed by atoms with van der Waals surface area (Å²) < 4.78 is 16.4. The van der Waals surface area contributed by atoms with Gasteiger partial charge in [0.15, 0.2) is 5.69 Å². The molecule has 0 bridgehead atoms. The molecule has 0 saturated carbocycles. The van der Waals surface area contributed by atoms with Crippen molar-refractivity contribution in [1.82, 2.24) is 25.3 Å². The second-order valence-corrected chi connectivity index (χ2v) is 9.54. The molecule has 12 heteroatoms. The maximum atomic E-state index is 14.9. The van der Waals surface area contributed by atoms with Gasteiger partial charge in [0.1, 0.15) is 16.6 Å². The molecule has 0 spiro atoms. The van der Waals surface area contributed by atoms with Crippen molar-refractivity contribution in [3.8, 4) is 10.4 Å². The van der Waals surface area contributed by atoms with Gasteiger partial charge in [-0.05, 0) is 43.7 Å². The Kier molecular flexibility index (Phi) is 6.82. The fourth-order valence-electron chi connectivity index (χ4n) is 3.42. The van der Waals surface area contributed by atoms with E-state index in [1.54, 1.807) is 44.2 Å². The molecule has 0 fully saturated rings. The maximum absolute atomic E-state index is 14.9. The van der Waals surface area contributed by atoms with Gasteiger partial charge in [-0.1, -0.05) is 23.4 Å². The fraction of sp³-hybridized carbons (Fsp3) is 0.208. The number of thiophene rings is 1. The number of nitrogens with one attached hydrogen (secondary N) is 2. The number of aliphatic hydroxyl groups is 1. The molecule has 0 aliphatic heterocycles. The predicted molar refractivity (Wildman–Crippen MR) is 134 cm³/mol. The van der Waals surface area contributed by atoms with Crippen molar-refractivity contribution < 1.29 is 19.1 Å². The van der Waals surface area contributed by atoms with Crippen molar-refractivity contribution >= 4 is 34.0 Å². The number of rotatable bonds is 8. The molecule has 0 atom stereocenters. The SMILES string of the molecule is CNC(=O)c1cn(Cc2cccc(Nc3sc(-c4ccc(C(C)(C)O)cc4F)cc3C(N)=O)n2)nn1. The highest BCUT2D eigenvalue weighted by atomic mass is 32.1. The molecule has 186 valence electrons. The van der Waals surface area contributed by atoms with E-state index in [-0.39, 0.29) is 29.3 Å². The van der Waals surface area contributed by atoms with Gasteiger partial charge in [0.2, 0.25) is 0 Å². The molecule has 36 heavy (non-hydrogen) atoms. The standard InChI is InChI=1S/C24H24FN7O3S/c1-24(2,35)13-7-8-15(17(25)9-13)19-10-16(21(26)33)23(36-19)29-20-6-4-5-14(28-20)11-32-12-18(30-31-32)22(34)27-3/h4-10,12,35H,11H2,1-3H3,(H2,26,33)(H,27,34)(H,28,29). The molecule has 3 heterocycles. The fourth-order valence-corrected chi connectivity index (χ4v) is 4.52. The summed E-state index contributed by atoms with van der Waals surface area (Å²) in [7, 11) is 1.51. The van der Waals surface area contributed by atoms with Crippen LogP contribution in [0.15, 0.2) is 48.7 Å². The minimum absolute atomic E-state index is 0.187. The third-order valence-electron chi connectivity index (χ3n) is 5.31. The van der Waals surface area contributed by atoms with Crippen LogP contribution in [0.3, 0.4) is 0 Å². The number of anilines is 2. The van der Waals surface area contributed by atoms with Gasteiger partial charge in [-0.3, -0.25) is 9.59 Å². The average Bonchev–Trinajstić information content (AvgIpc) is 3.45. The van der Waals surface area contributed by atoms with E-state index in [4.69, 9.17) is 5.73 Å². The van der Waals surface area contributed by atoms with Crippen LogP contribution in [-0.4, -0.2) is 43.9 Å². The summed E-state index contributed by atoms with van der Waals surface area (Å²) in [5.74, 6) is -1.10. The van der Waals surface area contributed by atoms with Crippen LogP contribution in [0.1, 0.15) is 46.0 Å². The van der Waals surface area contributed by atoms with Crippen LogP contribution >= 0.6 is 11.3 Å². The molecule has 3 aromatic heterocycles. The zero-order valence-electron chi connectivity index (χ0n) is 19.7. The number of carbonyl (C=O) groups excluding carboxylic acids is 2. The van der Waals surface area contributed by atoms with Crippen LogP contribution in [0.2, 0.25) is 0 Å². The lowest BCUT2D eigenvalue weighted by molar-refractivity contribution is 0.0782. The smallest absolute Gasteiger partial charge is 0.273 e. The van der Waals surface area contributed by atoms with Crippen molar-refractivity contribution in [2.45, 2.75) is 26.0 Å². The van der Waals surface area contributed by atoms with Crippen LogP contribution < -0.4 is 16.4 Å². The third-order valence-corrected chi connectivity index (χ3v) is 6.39. The van der Waals surface area contributed by atoms with E-state index >= 15 is 0 Å². The Bertz CT molecular complexity index is 1440. The van der Waals surface area contributed by atoms with E-state index in [9.17, 15) is 19.1 Å². The Morgan fingerprint density at radius 2 is 2.00 bits per heavy atom. The molecule has 0 unspecified atom stereocenters. The predicted octanol–water partition coefficient (Wildman–Crippen LogP) is 3.02. The summed E-state index contributed by atoms with van der Waals surface area (Å²) in [6.45, 7) is 3.41. The summed E-state index contributed by atoms with van der Waals surface area (Å²) in [4.78, 5) is 28.8. The number of benzene rings is 1. The molecule has 0 aliphatic carbocycles. The number of hydrogen-bond donors (Lipinski definition) is 4. The minimum Gasteiger partial charge on any atom is -0.386 e. The molecule has 4 rings (SSSR count). The highest BCUT2D eigenvalue weighted by molar-refractivity contribution is 7.19. The second kappa shape index (κ2) is 9.84. The Morgan fingerprint density at radius 3 is 2.67 bits per heavy atom. The molecule has 5 N–H and O–H groups in total. The number of nitrogens with zero attached hydrogens (tertiary/aromatic N) is 4. The molecule has 0 saturated heterocycles. The Hall–Kier alpha value is -4.16. The number of aromatic nitrogens is 4. The van der Waals surface area contributed by atoms with E-state index in [0.29, 0.717) is 27.0 Å². The Morgan fingerprint density at radius 1 is 1.22 bits per heavy atom. The molecule has 10 nitrogen and oxygen atoms in total. The molecule has 1 aromatic carbocycles. The zero-order valence-corrected chi connectivity index (χ0v) is 20.6. The molecule has 0 radical (unpaired) electrons. The van der Waals surface area contributed by atoms with Crippen LogP contribution in [0.5, 0.6) is 0 Å². The number of primary amides is 1. The quantitative estimate of drug-likeness (QED) is 0.285. The van der Waals surface area contributed by atoms with E-state index in [1.807, 2.05) is 0 Å². The zero-order chi connectivity index (χ0) is 26.0. The van der Waals surface area contributed by atoms with Crippen molar-refractivity contribution in [2.24, 2.45) is 5.73 Å². The summed E-state index contributed by atoms with van der Waals surface area (Å²) in [6.07, 6.45) is 1.51. The monoisotopic (exact) mass is 509 g/mol. The van der Waals surface area contributed by atoms with Crippen molar-refractivity contribution in [1.29, 1.82) is 0 Å². The highest BCUT2D eigenvalue weighted by Gasteiger charge is 2.21. The van der Waals surface area contributed by atoms with E-state index < -0.39 is 17.3 Å². The summed E-state index contributed by atoms with van der Waals surface area (Å²) in [6, 6.07) is 11.3. The van der Waals surface area contributed by atoms with Gasteiger partial charge in [0, 0.05) is 17.5 Å².